The van der Waals surface area contributed by atoms with Crippen LogP contribution in [0, 0.1) is 11.8 Å². The van der Waals surface area contributed by atoms with E-state index in [0.29, 0.717) is 11.9 Å². The first-order valence-corrected chi connectivity index (χ1v) is 6.66. The number of guanidine groups is 1. The highest BCUT2D eigenvalue weighted by Crippen LogP contribution is 2.43. The van der Waals surface area contributed by atoms with Gasteiger partial charge in [0.05, 0.1) is 18.7 Å². The molecule has 1 aliphatic carbocycles. The molecule has 98 valence electrons. The minimum Gasteiger partial charge on any atom is -0.383 e. The van der Waals surface area contributed by atoms with Crippen LogP contribution < -0.4 is 5.73 Å². The molecule has 1 aliphatic heterocycles. The van der Waals surface area contributed by atoms with Crippen LogP contribution in [0.2, 0.25) is 0 Å². The first kappa shape index (κ1) is 12.7. The predicted octanol–water partition coefficient (Wildman–Crippen LogP) is 1.46. The Balaban J connectivity index is 2.13. The Bertz CT molecular complexity index is 305. The van der Waals surface area contributed by atoms with Gasteiger partial charge < -0.3 is 15.4 Å². The maximum Gasteiger partial charge on any atom is 0.191 e. The summed E-state index contributed by atoms with van der Waals surface area (Å²) in [6, 6.07) is 0. The molecule has 1 heterocycles. The molecule has 3 atom stereocenters. The fraction of sp³-hybridized carbons (Fsp3) is 0.923. The van der Waals surface area contributed by atoms with E-state index in [2.05, 4.69) is 23.7 Å². The van der Waals surface area contributed by atoms with Gasteiger partial charge in [-0.05, 0) is 31.1 Å². The van der Waals surface area contributed by atoms with E-state index >= 15 is 0 Å². The number of rotatable bonds is 3. The normalized spacial score (nSPS) is 37.6. The SMILES string of the molecule is COCCN1C(N)=NCC12CCC(C)CC2C. The zero-order chi connectivity index (χ0) is 12.5. The summed E-state index contributed by atoms with van der Waals surface area (Å²) in [6.07, 6.45) is 3.78. The molecule has 0 amide bonds. The maximum atomic E-state index is 6.04. The van der Waals surface area contributed by atoms with Gasteiger partial charge in [0, 0.05) is 13.7 Å². The number of ether oxygens (including phenoxy) is 1. The van der Waals surface area contributed by atoms with Gasteiger partial charge in [-0.3, -0.25) is 4.99 Å². The van der Waals surface area contributed by atoms with Gasteiger partial charge in [-0.15, -0.1) is 0 Å². The minimum atomic E-state index is 0.176. The van der Waals surface area contributed by atoms with E-state index in [0.717, 1.165) is 25.6 Å². The Morgan fingerprint density at radius 2 is 2.29 bits per heavy atom. The molecule has 4 heteroatoms. The Morgan fingerprint density at radius 3 is 2.94 bits per heavy atom. The third kappa shape index (κ3) is 2.15. The van der Waals surface area contributed by atoms with Crippen LogP contribution in [0.25, 0.3) is 0 Å². The summed E-state index contributed by atoms with van der Waals surface area (Å²) in [5.41, 5.74) is 6.22. The lowest BCUT2D eigenvalue weighted by atomic mass is 9.69. The molecule has 0 aromatic carbocycles. The zero-order valence-corrected chi connectivity index (χ0v) is 11.3. The van der Waals surface area contributed by atoms with Crippen molar-refractivity contribution in [2.75, 3.05) is 26.8 Å². The fourth-order valence-corrected chi connectivity index (χ4v) is 3.46. The van der Waals surface area contributed by atoms with E-state index in [-0.39, 0.29) is 5.54 Å². The second kappa shape index (κ2) is 4.84. The molecular weight excluding hydrogens is 214 g/mol. The number of nitrogens with zero attached hydrogens (tertiary/aromatic N) is 2. The maximum absolute atomic E-state index is 6.04. The number of aliphatic imine (C=N–C) groups is 1. The van der Waals surface area contributed by atoms with Crippen molar-refractivity contribution in [2.45, 2.75) is 38.6 Å². The summed E-state index contributed by atoms with van der Waals surface area (Å²) in [7, 11) is 1.74. The molecule has 2 aliphatic rings. The fourth-order valence-electron chi connectivity index (χ4n) is 3.46. The molecule has 4 nitrogen and oxygen atoms in total. The highest BCUT2D eigenvalue weighted by atomic mass is 16.5. The lowest BCUT2D eigenvalue weighted by Crippen LogP contribution is -2.58. The Hall–Kier alpha value is -0.770. The van der Waals surface area contributed by atoms with Crippen molar-refractivity contribution in [1.82, 2.24) is 4.90 Å². The number of hydrogen-bond acceptors (Lipinski definition) is 4. The second-order valence-corrected chi connectivity index (χ2v) is 5.70. The van der Waals surface area contributed by atoms with Crippen LogP contribution in [0.3, 0.4) is 0 Å². The van der Waals surface area contributed by atoms with Crippen molar-refractivity contribution < 1.29 is 4.74 Å². The molecule has 0 aromatic rings. The summed E-state index contributed by atoms with van der Waals surface area (Å²) < 4.78 is 5.19. The molecule has 3 unspecified atom stereocenters. The summed E-state index contributed by atoms with van der Waals surface area (Å²) in [6.45, 7) is 7.16. The molecule has 2 N–H and O–H groups in total. The third-order valence-electron chi connectivity index (χ3n) is 4.59. The number of hydrogen-bond donors (Lipinski definition) is 1. The van der Waals surface area contributed by atoms with E-state index in [4.69, 9.17) is 10.5 Å². The minimum absolute atomic E-state index is 0.176. The van der Waals surface area contributed by atoms with Gasteiger partial charge in [-0.25, -0.2) is 0 Å². The van der Waals surface area contributed by atoms with Gasteiger partial charge in [-0.1, -0.05) is 13.8 Å². The monoisotopic (exact) mass is 239 g/mol. The van der Waals surface area contributed by atoms with Crippen LogP contribution in [-0.4, -0.2) is 43.2 Å². The molecule has 2 rings (SSSR count). The van der Waals surface area contributed by atoms with Crippen molar-refractivity contribution >= 4 is 5.96 Å². The predicted molar refractivity (Wildman–Crippen MR) is 70.0 cm³/mol. The first-order valence-electron chi connectivity index (χ1n) is 6.66. The van der Waals surface area contributed by atoms with Crippen LogP contribution in [0.5, 0.6) is 0 Å². The average Bonchev–Trinajstić information content (AvgIpc) is 2.61. The largest absolute Gasteiger partial charge is 0.383 e. The topological polar surface area (TPSA) is 50.9 Å². The van der Waals surface area contributed by atoms with Crippen molar-refractivity contribution in [3.63, 3.8) is 0 Å². The summed E-state index contributed by atoms with van der Waals surface area (Å²) in [4.78, 5) is 6.79. The van der Waals surface area contributed by atoms with Crippen molar-refractivity contribution in [3.8, 4) is 0 Å². The van der Waals surface area contributed by atoms with Gasteiger partial charge in [0.15, 0.2) is 5.96 Å². The number of methoxy groups -OCH3 is 1. The van der Waals surface area contributed by atoms with Crippen LogP contribution in [0.1, 0.15) is 33.1 Å². The zero-order valence-electron chi connectivity index (χ0n) is 11.3. The third-order valence-corrected chi connectivity index (χ3v) is 4.59. The second-order valence-electron chi connectivity index (χ2n) is 5.70. The Kier molecular flexibility index (Phi) is 3.61. The van der Waals surface area contributed by atoms with E-state index < -0.39 is 0 Å². The molecular formula is C13H25N3O. The van der Waals surface area contributed by atoms with E-state index in [1.807, 2.05) is 0 Å². The van der Waals surface area contributed by atoms with Crippen LogP contribution in [0.15, 0.2) is 4.99 Å². The van der Waals surface area contributed by atoms with Crippen molar-refractivity contribution in [2.24, 2.45) is 22.6 Å². The van der Waals surface area contributed by atoms with Gasteiger partial charge in [0.1, 0.15) is 0 Å². The highest BCUT2D eigenvalue weighted by Gasteiger charge is 2.48. The lowest BCUT2D eigenvalue weighted by Gasteiger charge is -2.48. The summed E-state index contributed by atoms with van der Waals surface area (Å²) in [5.74, 6) is 2.21. The lowest BCUT2D eigenvalue weighted by molar-refractivity contribution is 0.0455. The molecule has 1 saturated carbocycles. The molecule has 1 fully saturated rings. The van der Waals surface area contributed by atoms with Gasteiger partial charge in [-0.2, -0.15) is 0 Å². The van der Waals surface area contributed by atoms with E-state index in [1.54, 1.807) is 7.11 Å². The highest BCUT2D eigenvalue weighted by molar-refractivity contribution is 5.81. The molecule has 0 bridgehead atoms. The Morgan fingerprint density at radius 1 is 1.53 bits per heavy atom. The first-order chi connectivity index (χ1) is 8.10. The quantitative estimate of drug-likeness (QED) is 0.811. The molecule has 0 radical (unpaired) electrons. The van der Waals surface area contributed by atoms with Crippen LogP contribution in [0.4, 0.5) is 0 Å². The van der Waals surface area contributed by atoms with Gasteiger partial charge in [0.25, 0.3) is 0 Å². The molecule has 17 heavy (non-hydrogen) atoms. The average molecular weight is 239 g/mol. The van der Waals surface area contributed by atoms with E-state index in [1.165, 1.54) is 19.3 Å². The van der Waals surface area contributed by atoms with Crippen LogP contribution in [-0.2, 0) is 4.74 Å². The van der Waals surface area contributed by atoms with Crippen molar-refractivity contribution in [3.05, 3.63) is 0 Å². The Labute approximate surface area is 104 Å². The van der Waals surface area contributed by atoms with Gasteiger partial charge in [0.2, 0.25) is 0 Å². The molecule has 1 spiro atoms. The van der Waals surface area contributed by atoms with E-state index in [9.17, 15) is 0 Å². The number of nitrogens with two attached hydrogens (primary N) is 1. The van der Waals surface area contributed by atoms with Gasteiger partial charge >= 0.3 is 0 Å². The van der Waals surface area contributed by atoms with Crippen molar-refractivity contribution in [1.29, 1.82) is 0 Å². The molecule has 0 aromatic heterocycles. The standard InChI is InChI=1S/C13H25N3O/c1-10-4-5-13(11(2)8-10)9-15-12(14)16(13)6-7-17-3/h10-11H,4-9H2,1-3H3,(H2,14,15). The smallest absolute Gasteiger partial charge is 0.191 e. The summed E-state index contributed by atoms with van der Waals surface area (Å²) in [5, 5.41) is 0. The summed E-state index contributed by atoms with van der Waals surface area (Å²) >= 11 is 0. The van der Waals surface area contributed by atoms with Crippen LogP contribution >= 0.6 is 0 Å². The molecule has 0 saturated heterocycles.